The number of nitro benzene ring substituents is 1. The maximum absolute atomic E-state index is 12.8. The largest absolute Gasteiger partial charge is 0.434 e. The molecule has 1 aromatic heterocycles. The van der Waals surface area contributed by atoms with E-state index >= 15 is 0 Å². The number of non-ortho nitro benzene ring substituents is 1. The van der Waals surface area contributed by atoms with Crippen LogP contribution in [0.25, 0.3) is 0 Å². The van der Waals surface area contributed by atoms with Crippen LogP contribution in [0.5, 0.6) is 0 Å². The first-order valence-electron chi connectivity index (χ1n) is 7.72. The molecule has 0 N–H and O–H groups in total. The van der Waals surface area contributed by atoms with Gasteiger partial charge < -0.3 is 4.90 Å². The average Bonchev–Trinajstić information content (AvgIpc) is 3.12. The van der Waals surface area contributed by atoms with Crippen LogP contribution in [0.15, 0.2) is 28.5 Å². The lowest BCUT2D eigenvalue weighted by molar-refractivity contribution is -0.384. The van der Waals surface area contributed by atoms with Gasteiger partial charge in [-0.05, 0) is 6.07 Å². The van der Waals surface area contributed by atoms with Crippen LogP contribution >= 0.6 is 22.9 Å². The van der Waals surface area contributed by atoms with Crippen molar-refractivity contribution in [2.24, 2.45) is 0 Å². The second-order valence-electron chi connectivity index (χ2n) is 5.78. The first kappa shape index (κ1) is 20.8. The normalized spacial score (nSPS) is 16.4. The molecule has 0 radical (unpaired) electrons. The van der Waals surface area contributed by atoms with E-state index in [-0.39, 0.29) is 46.9 Å². The van der Waals surface area contributed by atoms with Crippen LogP contribution in [0.4, 0.5) is 24.0 Å². The number of hydrogen-bond donors (Lipinski definition) is 0. The fraction of sp³-hybridized carbons (Fsp3) is 0.357. The molecule has 0 unspecified atom stereocenters. The van der Waals surface area contributed by atoms with Gasteiger partial charge in [0.1, 0.15) is 4.90 Å². The van der Waals surface area contributed by atoms with Crippen molar-refractivity contribution in [2.45, 2.75) is 11.1 Å². The molecular formula is C14H12ClF3N4O4S2. The monoisotopic (exact) mass is 456 g/mol. The number of thiazole rings is 1. The Balaban J connectivity index is 1.73. The molecule has 0 spiro atoms. The summed E-state index contributed by atoms with van der Waals surface area (Å²) in [4.78, 5) is 14.9. The van der Waals surface area contributed by atoms with Crippen molar-refractivity contribution < 1.29 is 26.5 Å². The summed E-state index contributed by atoms with van der Waals surface area (Å²) in [6, 6.07) is 3.07. The lowest BCUT2D eigenvalue weighted by atomic mass is 10.3. The van der Waals surface area contributed by atoms with Crippen LogP contribution in [0.2, 0.25) is 5.02 Å². The van der Waals surface area contributed by atoms with Gasteiger partial charge in [-0.3, -0.25) is 10.1 Å². The Hall–Kier alpha value is -1.96. The molecule has 152 valence electrons. The summed E-state index contributed by atoms with van der Waals surface area (Å²) >= 11 is 6.75. The molecule has 1 fully saturated rings. The van der Waals surface area contributed by atoms with Gasteiger partial charge in [-0.25, -0.2) is 13.4 Å². The van der Waals surface area contributed by atoms with Crippen molar-refractivity contribution in [1.29, 1.82) is 0 Å². The minimum absolute atomic E-state index is 0.0105. The summed E-state index contributed by atoms with van der Waals surface area (Å²) in [5.74, 6) is 0. The van der Waals surface area contributed by atoms with Crippen LogP contribution in [0.1, 0.15) is 5.69 Å². The number of aromatic nitrogens is 1. The molecule has 0 aliphatic carbocycles. The first-order valence-corrected chi connectivity index (χ1v) is 10.4. The van der Waals surface area contributed by atoms with Crippen molar-refractivity contribution in [3.63, 3.8) is 0 Å². The van der Waals surface area contributed by atoms with Gasteiger partial charge in [0, 0.05) is 43.7 Å². The predicted molar refractivity (Wildman–Crippen MR) is 96.2 cm³/mol. The molecule has 2 aromatic rings. The summed E-state index contributed by atoms with van der Waals surface area (Å²) in [5.41, 5.74) is -1.32. The maximum atomic E-state index is 12.8. The van der Waals surface area contributed by atoms with Crippen molar-refractivity contribution >= 4 is 43.8 Å². The number of benzene rings is 1. The predicted octanol–water partition coefficient (Wildman–Crippen LogP) is 3.23. The third-order valence-electron chi connectivity index (χ3n) is 4.04. The van der Waals surface area contributed by atoms with Gasteiger partial charge in [-0.2, -0.15) is 17.5 Å². The van der Waals surface area contributed by atoms with E-state index in [1.807, 2.05) is 0 Å². The molecule has 14 heteroatoms. The van der Waals surface area contributed by atoms with Gasteiger partial charge in [0.15, 0.2) is 10.8 Å². The van der Waals surface area contributed by atoms with E-state index in [1.54, 1.807) is 4.90 Å². The van der Waals surface area contributed by atoms with Gasteiger partial charge in [0.25, 0.3) is 5.69 Å². The van der Waals surface area contributed by atoms with E-state index in [0.29, 0.717) is 0 Å². The number of sulfonamides is 1. The van der Waals surface area contributed by atoms with Crippen molar-refractivity contribution in [3.05, 3.63) is 44.4 Å². The van der Waals surface area contributed by atoms with Crippen LogP contribution in [-0.2, 0) is 16.2 Å². The Morgan fingerprint density at radius 2 is 1.86 bits per heavy atom. The quantitative estimate of drug-likeness (QED) is 0.517. The van der Waals surface area contributed by atoms with Crippen molar-refractivity contribution in [1.82, 2.24) is 9.29 Å². The second kappa shape index (κ2) is 7.46. The van der Waals surface area contributed by atoms with Crippen molar-refractivity contribution in [3.8, 4) is 0 Å². The number of alkyl halides is 3. The molecule has 2 heterocycles. The molecule has 0 amide bonds. The number of hydrogen-bond acceptors (Lipinski definition) is 7. The van der Waals surface area contributed by atoms with Gasteiger partial charge >= 0.3 is 6.18 Å². The topological polar surface area (TPSA) is 96.6 Å². The molecule has 28 heavy (non-hydrogen) atoms. The number of rotatable bonds is 4. The van der Waals surface area contributed by atoms with Gasteiger partial charge in [0.05, 0.1) is 9.95 Å². The Kier molecular flexibility index (Phi) is 5.53. The van der Waals surface area contributed by atoms with Gasteiger partial charge in [-0.1, -0.05) is 11.6 Å². The Labute approximate surface area is 166 Å². The number of anilines is 1. The second-order valence-corrected chi connectivity index (χ2v) is 8.93. The fourth-order valence-corrected chi connectivity index (χ4v) is 5.43. The minimum atomic E-state index is -4.54. The zero-order valence-corrected chi connectivity index (χ0v) is 16.3. The van der Waals surface area contributed by atoms with E-state index in [1.165, 1.54) is 0 Å². The zero-order chi connectivity index (χ0) is 20.7. The summed E-state index contributed by atoms with van der Waals surface area (Å²) in [6.45, 7) is 0.316. The molecule has 1 aliphatic rings. The minimum Gasteiger partial charge on any atom is -0.345 e. The molecule has 0 bridgehead atoms. The number of halogens is 4. The molecule has 1 saturated heterocycles. The summed E-state index contributed by atoms with van der Waals surface area (Å²) < 4.78 is 64.7. The Morgan fingerprint density at radius 3 is 2.36 bits per heavy atom. The highest BCUT2D eigenvalue weighted by Crippen LogP contribution is 2.34. The number of nitro groups is 1. The highest BCUT2D eigenvalue weighted by molar-refractivity contribution is 7.89. The number of piperazine rings is 1. The molecule has 3 rings (SSSR count). The lowest BCUT2D eigenvalue weighted by Crippen LogP contribution is -2.48. The Morgan fingerprint density at radius 1 is 1.21 bits per heavy atom. The third kappa shape index (κ3) is 4.06. The van der Waals surface area contributed by atoms with E-state index in [4.69, 9.17) is 11.6 Å². The molecule has 8 nitrogen and oxygen atoms in total. The number of nitrogens with zero attached hydrogens (tertiary/aromatic N) is 4. The molecule has 1 aromatic carbocycles. The van der Waals surface area contributed by atoms with Crippen molar-refractivity contribution in [2.75, 3.05) is 31.1 Å². The maximum Gasteiger partial charge on any atom is 0.434 e. The van der Waals surface area contributed by atoms with Crippen LogP contribution in [0.3, 0.4) is 0 Å². The average molecular weight is 457 g/mol. The molecule has 0 saturated carbocycles. The summed E-state index contributed by atoms with van der Waals surface area (Å²) in [5, 5.41) is 11.6. The van der Waals surface area contributed by atoms with Gasteiger partial charge in [-0.15, -0.1) is 11.3 Å². The smallest absolute Gasteiger partial charge is 0.345 e. The van der Waals surface area contributed by atoms with E-state index in [2.05, 4.69) is 4.98 Å². The van der Waals surface area contributed by atoms with E-state index in [9.17, 15) is 31.7 Å². The fourth-order valence-electron chi connectivity index (χ4n) is 2.61. The van der Waals surface area contributed by atoms with E-state index < -0.39 is 26.8 Å². The summed E-state index contributed by atoms with van der Waals surface area (Å²) in [7, 11) is -4.00. The lowest BCUT2D eigenvalue weighted by Gasteiger charge is -2.33. The Bertz CT molecular complexity index is 1000. The highest BCUT2D eigenvalue weighted by Gasteiger charge is 2.36. The van der Waals surface area contributed by atoms with E-state index in [0.717, 1.165) is 39.2 Å². The standard InChI is InChI=1S/C14H12ClF3N4O4S2/c15-10-7-9(22(23)24)1-2-11(10)28(25,26)21-5-3-20(4-6-21)13-19-12(8-27-13)14(16,17)18/h1-2,7-8H,3-6H2. The SMILES string of the molecule is O=[N+]([O-])c1ccc(S(=O)(=O)N2CCN(c3nc(C(F)(F)F)cs3)CC2)c(Cl)c1. The van der Waals surface area contributed by atoms with Gasteiger partial charge in [0.2, 0.25) is 10.0 Å². The zero-order valence-electron chi connectivity index (χ0n) is 13.9. The molecular weight excluding hydrogens is 445 g/mol. The third-order valence-corrected chi connectivity index (χ3v) is 7.32. The summed E-state index contributed by atoms with van der Waals surface area (Å²) in [6.07, 6.45) is -4.54. The molecule has 1 aliphatic heterocycles. The molecule has 0 atom stereocenters. The first-order chi connectivity index (χ1) is 13.0. The van der Waals surface area contributed by atoms with Crippen LogP contribution in [0, 0.1) is 10.1 Å². The van der Waals surface area contributed by atoms with Crippen LogP contribution < -0.4 is 4.90 Å². The van der Waals surface area contributed by atoms with Crippen LogP contribution in [-0.4, -0.2) is 48.8 Å². The highest BCUT2D eigenvalue weighted by atomic mass is 35.5.